The molecule has 0 aliphatic rings. The monoisotopic (exact) mass is 263 g/mol. The summed E-state index contributed by atoms with van der Waals surface area (Å²) in [5.74, 6) is 0. The van der Waals surface area contributed by atoms with Gasteiger partial charge in [-0.25, -0.2) is 0 Å². The standard InChI is InChI=1S/C15H21NOS/c1-10(9-17-4)16-12(3)15-11(2)13-7-5-6-8-14(13)18-15/h5-8,10,12,16H,9H2,1-4H3. The summed E-state index contributed by atoms with van der Waals surface area (Å²) in [7, 11) is 1.74. The van der Waals surface area contributed by atoms with E-state index in [1.165, 1.54) is 20.5 Å². The maximum Gasteiger partial charge on any atom is 0.0613 e. The van der Waals surface area contributed by atoms with Gasteiger partial charge in [-0.05, 0) is 37.8 Å². The first-order valence-electron chi connectivity index (χ1n) is 6.36. The first kappa shape index (κ1) is 13.5. The second kappa shape index (κ2) is 5.83. The molecule has 18 heavy (non-hydrogen) atoms. The number of hydrogen-bond donors (Lipinski definition) is 1. The molecule has 0 spiro atoms. The summed E-state index contributed by atoms with van der Waals surface area (Å²) in [5.41, 5.74) is 1.40. The summed E-state index contributed by atoms with van der Waals surface area (Å²) < 4.78 is 6.54. The van der Waals surface area contributed by atoms with Crippen LogP contribution in [0.5, 0.6) is 0 Å². The molecule has 1 heterocycles. The van der Waals surface area contributed by atoms with Crippen LogP contribution in [0.4, 0.5) is 0 Å². The van der Waals surface area contributed by atoms with E-state index in [-0.39, 0.29) is 0 Å². The highest BCUT2D eigenvalue weighted by atomic mass is 32.1. The second-order valence-electron chi connectivity index (χ2n) is 4.83. The average Bonchev–Trinajstić information content (AvgIpc) is 2.68. The molecule has 0 saturated heterocycles. The van der Waals surface area contributed by atoms with Crippen molar-refractivity contribution in [3.05, 3.63) is 34.7 Å². The highest BCUT2D eigenvalue weighted by molar-refractivity contribution is 7.19. The quantitative estimate of drug-likeness (QED) is 0.883. The predicted octanol–water partition coefficient (Wildman–Crippen LogP) is 3.90. The molecule has 0 amide bonds. The van der Waals surface area contributed by atoms with Crippen molar-refractivity contribution in [1.29, 1.82) is 0 Å². The van der Waals surface area contributed by atoms with Crippen LogP contribution in [-0.4, -0.2) is 19.8 Å². The Balaban J connectivity index is 2.22. The molecule has 2 unspecified atom stereocenters. The van der Waals surface area contributed by atoms with Crippen molar-refractivity contribution >= 4 is 21.4 Å². The molecule has 0 fully saturated rings. The molecule has 0 radical (unpaired) electrons. The summed E-state index contributed by atoms with van der Waals surface area (Å²) in [5, 5.41) is 4.96. The molecular weight excluding hydrogens is 242 g/mol. The lowest BCUT2D eigenvalue weighted by atomic mass is 10.1. The molecule has 2 atom stereocenters. The van der Waals surface area contributed by atoms with Crippen LogP contribution in [-0.2, 0) is 4.74 Å². The molecule has 0 saturated carbocycles. The van der Waals surface area contributed by atoms with Gasteiger partial charge in [0.25, 0.3) is 0 Å². The zero-order valence-electron chi connectivity index (χ0n) is 11.5. The van der Waals surface area contributed by atoms with Gasteiger partial charge in [-0.1, -0.05) is 18.2 Å². The van der Waals surface area contributed by atoms with Gasteiger partial charge < -0.3 is 10.1 Å². The fourth-order valence-electron chi connectivity index (χ4n) is 2.41. The Bertz CT molecular complexity index is 520. The summed E-state index contributed by atoms with van der Waals surface area (Å²) in [6.07, 6.45) is 0. The molecular formula is C15H21NOS. The maximum atomic E-state index is 5.17. The third-order valence-corrected chi connectivity index (χ3v) is 4.68. The summed E-state index contributed by atoms with van der Waals surface area (Å²) in [6.45, 7) is 7.34. The van der Waals surface area contributed by atoms with Crippen molar-refractivity contribution in [3.8, 4) is 0 Å². The number of aryl methyl sites for hydroxylation is 1. The Labute approximate surface area is 113 Å². The summed E-state index contributed by atoms with van der Waals surface area (Å²) >= 11 is 1.89. The van der Waals surface area contributed by atoms with Gasteiger partial charge in [0.2, 0.25) is 0 Å². The van der Waals surface area contributed by atoms with E-state index < -0.39 is 0 Å². The van der Waals surface area contributed by atoms with Crippen LogP contribution in [0.3, 0.4) is 0 Å². The molecule has 98 valence electrons. The lowest BCUT2D eigenvalue weighted by molar-refractivity contribution is 0.168. The van der Waals surface area contributed by atoms with E-state index >= 15 is 0 Å². The van der Waals surface area contributed by atoms with Crippen molar-refractivity contribution in [3.63, 3.8) is 0 Å². The molecule has 0 aliphatic carbocycles. The molecule has 0 aliphatic heterocycles. The first-order chi connectivity index (χ1) is 8.63. The van der Waals surface area contributed by atoms with E-state index in [1.807, 2.05) is 11.3 Å². The number of nitrogens with one attached hydrogen (secondary N) is 1. The molecule has 2 nitrogen and oxygen atoms in total. The smallest absolute Gasteiger partial charge is 0.0613 e. The van der Waals surface area contributed by atoms with Crippen molar-refractivity contribution < 1.29 is 4.74 Å². The van der Waals surface area contributed by atoms with E-state index in [9.17, 15) is 0 Å². The lowest BCUT2D eigenvalue weighted by Gasteiger charge is -2.19. The topological polar surface area (TPSA) is 21.3 Å². The zero-order chi connectivity index (χ0) is 13.1. The molecule has 2 rings (SSSR count). The van der Waals surface area contributed by atoms with Crippen molar-refractivity contribution in [2.24, 2.45) is 0 Å². The molecule has 1 aromatic carbocycles. The molecule has 1 aromatic heterocycles. The molecule has 2 aromatic rings. The van der Waals surface area contributed by atoms with Gasteiger partial charge in [0.1, 0.15) is 0 Å². The fraction of sp³-hybridized carbons (Fsp3) is 0.467. The van der Waals surface area contributed by atoms with Gasteiger partial charge in [0, 0.05) is 28.8 Å². The van der Waals surface area contributed by atoms with Crippen molar-refractivity contribution in [2.75, 3.05) is 13.7 Å². The van der Waals surface area contributed by atoms with Crippen LogP contribution >= 0.6 is 11.3 Å². The van der Waals surface area contributed by atoms with Gasteiger partial charge in [-0.15, -0.1) is 11.3 Å². The number of benzene rings is 1. The van der Waals surface area contributed by atoms with E-state index in [4.69, 9.17) is 4.74 Å². The average molecular weight is 263 g/mol. The van der Waals surface area contributed by atoms with Crippen LogP contribution in [0, 0.1) is 6.92 Å². The largest absolute Gasteiger partial charge is 0.383 e. The van der Waals surface area contributed by atoms with Crippen LogP contribution in [0.2, 0.25) is 0 Å². The minimum Gasteiger partial charge on any atom is -0.383 e. The van der Waals surface area contributed by atoms with E-state index in [1.54, 1.807) is 7.11 Å². The van der Waals surface area contributed by atoms with Gasteiger partial charge in [-0.3, -0.25) is 0 Å². The Hall–Kier alpha value is -0.900. The normalized spacial score (nSPS) is 14.9. The van der Waals surface area contributed by atoms with Crippen LogP contribution in [0.25, 0.3) is 10.1 Å². The number of hydrogen-bond acceptors (Lipinski definition) is 3. The predicted molar refractivity (Wildman–Crippen MR) is 79.5 cm³/mol. The van der Waals surface area contributed by atoms with Crippen molar-refractivity contribution in [2.45, 2.75) is 32.9 Å². The van der Waals surface area contributed by atoms with Crippen LogP contribution < -0.4 is 5.32 Å². The van der Waals surface area contributed by atoms with Gasteiger partial charge in [0.15, 0.2) is 0 Å². The third-order valence-electron chi connectivity index (χ3n) is 3.23. The van der Waals surface area contributed by atoms with Crippen LogP contribution in [0.1, 0.15) is 30.3 Å². The maximum absolute atomic E-state index is 5.17. The van der Waals surface area contributed by atoms with Crippen molar-refractivity contribution in [1.82, 2.24) is 5.32 Å². The minimum absolute atomic E-state index is 0.368. The third kappa shape index (κ3) is 2.74. The number of rotatable bonds is 5. The minimum atomic E-state index is 0.368. The highest BCUT2D eigenvalue weighted by Gasteiger charge is 2.15. The number of thiophene rings is 1. The lowest BCUT2D eigenvalue weighted by Crippen LogP contribution is -2.32. The molecule has 0 bridgehead atoms. The van der Waals surface area contributed by atoms with E-state index in [2.05, 4.69) is 50.4 Å². The number of fused-ring (bicyclic) bond motifs is 1. The Morgan fingerprint density at radius 2 is 2.00 bits per heavy atom. The van der Waals surface area contributed by atoms with Gasteiger partial charge >= 0.3 is 0 Å². The molecule has 3 heteroatoms. The Morgan fingerprint density at radius 3 is 2.67 bits per heavy atom. The highest BCUT2D eigenvalue weighted by Crippen LogP contribution is 2.34. The Morgan fingerprint density at radius 1 is 1.28 bits per heavy atom. The fourth-order valence-corrected chi connectivity index (χ4v) is 3.63. The van der Waals surface area contributed by atoms with E-state index in [0.29, 0.717) is 12.1 Å². The second-order valence-corrected chi connectivity index (χ2v) is 5.92. The van der Waals surface area contributed by atoms with Gasteiger partial charge in [0.05, 0.1) is 6.61 Å². The first-order valence-corrected chi connectivity index (χ1v) is 7.18. The Kier molecular flexibility index (Phi) is 4.38. The van der Waals surface area contributed by atoms with E-state index in [0.717, 1.165) is 6.61 Å². The molecule has 1 N–H and O–H groups in total. The summed E-state index contributed by atoms with van der Waals surface area (Å²) in [6, 6.07) is 9.35. The SMILES string of the molecule is COCC(C)NC(C)c1sc2ccccc2c1C. The summed E-state index contributed by atoms with van der Waals surface area (Å²) in [4.78, 5) is 1.43. The van der Waals surface area contributed by atoms with Gasteiger partial charge in [-0.2, -0.15) is 0 Å². The van der Waals surface area contributed by atoms with Crippen LogP contribution in [0.15, 0.2) is 24.3 Å². The zero-order valence-corrected chi connectivity index (χ0v) is 12.3. The number of ether oxygens (including phenoxy) is 1. The number of methoxy groups -OCH3 is 1.